The van der Waals surface area contributed by atoms with Crippen LogP contribution < -0.4 is 10.1 Å². The van der Waals surface area contributed by atoms with Crippen LogP contribution in [-0.4, -0.2) is 47.8 Å². The number of fused-ring (bicyclic) bond motifs is 1. The van der Waals surface area contributed by atoms with Crippen molar-refractivity contribution in [2.45, 2.75) is 24.9 Å². The van der Waals surface area contributed by atoms with E-state index in [9.17, 15) is 18.0 Å². The smallest absolute Gasteiger partial charge is 0.433 e. The molecule has 164 valence electrons. The molecule has 4 aromatic rings. The molecule has 13 heteroatoms. The average Bonchev–Trinajstić information content (AvgIpc) is 3.29. The standard InChI is InChI=1S/C19H15F3N8O2/c1-32-15-5-4-11(6-14(15)29-9-23-27-28-29)24-18(31)13-8-17-25-12(10-2-3-10)7-16(19(20,21)22)30(17)26-13/h4-10H,2-3H2,1H3,(H,24,31). The number of hydrogen-bond acceptors (Lipinski definition) is 7. The van der Waals surface area contributed by atoms with Gasteiger partial charge in [-0.05, 0) is 47.5 Å². The summed E-state index contributed by atoms with van der Waals surface area (Å²) in [6.07, 6.45) is -1.69. The van der Waals surface area contributed by atoms with Crippen molar-refractivity contribution < 1.29 is 22.7 Å². The van der Waals surface area contributed by atoms with Crippen LogP contribution in [0.3, 0.4) is 0 Å². The zero-order valence-corrected chi connectivity index (χ0v) is 16.5. The maximum absolute atomic E-state index is 13.6. The van der Waals surface area contributed by atoms with Crippen LogP contribution in [0, 0.1) is 0 Å². The van der Waals surface area contributed by atoms with E-state index in [1.807, 2.05) is 0 Å². The predicted octanol–water partition coefficient (Wildman–Crippen LogP) is 2.86. The minimum Gasteiger partial charge on any atom is -0.494 e. The Kier molecular flexibility index (Phi) is 4.53. The molecule has 0 unspecified atom stereocenters. The van der Waals surface area contributed by atoms with E-state index in [2.05, 4.69) is 30.9 Å². The third-order valence-corrected chi connectivity index (χ3v) is 5.00. The van der Waals surface area contributed by atoms with Crippen molar-refractivity contribution in [1.29, 1.82) is 0 Å². The number of rotatable bonds is 5. The molecule has 0 spiro atoms. The van der Waals surface area contributed by atoms with Gasteiger partial charge in [0, 0.05) is 23.4 Å². The van der Waals surface area contributed by atoms with Crippen molar-refractivity contribution in [3.05, 3.63) is 53.7 Å². The highest BCUT2D eigenvalue weighted by molar-refractivity contribution is 6.03. The summed E-state index contributed by atoms with van der Waals surface area (Å²) in [6, 6.07) is 6.98. The van der Waals surface area contributed by atoms with Crippen LogP contribution in [0.15, 0.2) is 36.7 Å². The molecule has 1 amide bonds. The Labute approximate surface area is 178 Å². The summed E-state index contributed by atoms with van der Waals surface area (Å²) in [5.74, 6) is -0.226. The largest absolute Gasteiger partial charge is 0.494 e. The minimum atomic E-state index is -4.64. The van der Waals surface area contributed by atoms with Gasteiger partial charge >= 0.3 is 6.18 Å². The number of ether oxygens (including phenoxy) is 1. The van der Waals surface area contributed by atoms with Gasteiger partial charge in [0.2, 0.25) is 0 Å². The number of methoxy groups -OCH3 is 1. The van der Waals surface area contributed by atoms with Gasteiger partial charge in [-0.2, -0.15) is 23.0 Å². The van der Waals surface area contributed by atoms with Crippen LogP contribution in [-0.2, 0) is 6.18 Å². The number of amides is 1. The van der Waals surface area contributed by atoms with Crippen LogP contribution in [0.1, 0.15) is 40.6 Å². The van der Waals surface area contributed by atoms with Crippen LogP contribution in [0.4, 0.5) is 18.9 Å². The number of halogens is 3. The first kappa shape index (κ1) is 19.9. The second kappa shape index (κ2) is 7.28. The van der Waals surface area contributed by atoms with Crippen molar-refractivity contribution in [2.24, 2.45) is 0 Å². The first-order valence-electron chi connectivity index (χ1n) is 9.54. The van der Waals surface area contributed by atoms with Gasteiger partial charge in [0.15, 0.2) is 11.3 Å². The van der Waals surface area contributed by atoms with E-state index >= 15 is 0 Å². The highest BCUT2D eigenvalue weighted by atomic mass is 19.4. The Morgan fingerprint density at radius 2 is 2.03 bits per heavy atom. The van der Waals surface area contributed by atoms with Crippen molar-refractivity contribution in [3.63, 3.8) is 0 Å². The van der Waals surface area contributed by atoms with Crippen molar-refractivity contribution in [2.75, 3.05) is 12.4 Å². The molecule has 1 aromatic carbocycles. The van der Waals surface area contributed by atoms with Crippen LogP contribution in [0.5, 0.6) is 5.75 Å². The minimum absolute atomic E-state index is 0.0114. The summed E-state index contributed by atoms with van der Waals surface area (Å²) < 4.78 is 48.0. The van der Waals surface area contributed by atoms with Crippen molar-refractivity contribution >= 4 is 17.2 Å². The van der Waals surface area contributed by atoms with E-state index in [1.54, 1.807) is 18.2 Å². The number of alkyl halides is 3. The van der Waals surface area contributed by atoms with E-state index in [-0.39, 0.29) is 17.3 Å². The molecule has 1 aliphatic carbocycles. The molecule has 0 bridgehead atoms. The highest BCUT2D eigenvalue weighted by Gasteiger charge is 2.37. The number of tetrazole rings is 1. The zero-order chi connectivity index (χ0) is 22.5. The average molecular weight is 444 g/mol. The summed E-state index contributed by atoms with van der Waals surface area (Å²) in [4.78, 5) is 17.0. The molecule has 0 saturated heterocycles. The van der Waals surface area contributed by atoms with Gasteiger partial charge in [-0.3, -0.25) is 4.79 Å². The molecule has 1 N–H and O–H groups in total. The fraction of sp³-hybridized carbons (Fsp3) is 0.263. The van der Waals surface area contributed by atoms with Gasteiger partial charge in [0.1, 0.15) is 23.5 Å². The van der Waals surface area contributed by atoms with E-state index in [0.29, 0.717) is 27.3 Å². The first-order valence-corrected chi connectivity index (χ1v) is 9.54. The molecule has 0 atom stereocenters. The SMILES string of the molecule is COc1ccc(NC(=O)c2cc3nc(C4CC4)cc(C(F)(F)F)n3n2)cc1-n1cnnn1. The molecule has 0 radical (unpaired) electrons. The van der Waals surface area contributed by atoms with Crippen LogP contribution >= 0.6 is 0 Å². The number of aromatic nitrogens is 7. The molecule has 10 nitrogen and oxygen atoms in total. The molecular weight excluding hydrogens is 429 g/mol. The highest BCUT2D eigenvalue weighted by Crippen LogP contribution is 2.41. The quantitative estimate of drug-likeness (QED) is 0.504. The van der Waals surface area contributed by atoms with E-state index in [0.717, 1.165) is 18.9 Å². The van der Waals surface area contributed by atoms with Gasteiger partial charge in [0.25, 0.3) is 5.91 Å². The number of carbonyl (C=O) groups is 1. The summed E-state index contributed by atoms with van der Waals surface area (Å²) in [5, 5.41) is 17.4. The number of nitrogens with one attached hydrogen (secondary N) is 1. The van der Waals surface area contributed by atoms with E-state index < -0.39 is 17.8 Å². The van der Waals surface area contributed by atoms with Crippen molar-refractivity contribution in [3.8, 4) is 11.4 Å². The van der Waals surface area contributed by atoms with Gasteiger partial charge in [-0.25, -0.2) is 9.50 Å². The molecular formula is C19H15F3N8O2. The normalized spacial score (nSPS) is 14.0. The summed E-state index contributed by atoms with van der Waals surface area (Å²) in [5.41, 5.74) is -0.0278. The third-order valence-electron chi connectivity index (χ3n) is 5.00. The molecule has 32 heavy (non-hydrogen) atoms. The monoisotopic (exact) mass is 444 g/mol. The van der Waals surface area contributed by atoms with Gasteiger partial charge in [-0.15, -0.1) is 5.10 Å². The summed E-state index contributed by atoms with van der Waals surface area (Å²) in [7, 11) is 1.47. The Bertz CT molecular complexity index is 1310. The Morgan fingerprint density at radius 3 is 2.69 bits per heavy atom. The number of nitrogens with zero attached hydrogens (tertiary/aromatic N) is 7. The molecule has 1 aliphatic rings. The number of benzene rings is 1. The molecule has 1 fully saturated rings. The molecule has 0 aliphatic heterocycles. The lowest BCUT2D eigenvalue weighted by Crippen LogP contribution is -2.16. The Hall–Kier alpha value is -4.03. The first-order chi connectivity index (χ1) is 15.3. The lowest BCUT2D eigenvalue weighted by molar-refractivity contribution is -0.142. The van der Waals surface area contributed by atoms with E-state index in [4.69, 9.17) is 4.74 Å². The second-order valence-electron chi connectivity index (χ2n) is 7.23. The van der Waals surface area contributed by atoms with Crippen molar-refractivity contribution in [1.82, 2.24) is 34.8 Å². The second-order valence-corrected chi connectivity index (χ2v) is 7.23. The number of hydrogen-bond donors (Lipinski definition) is 1. The summed E-state index contributed by atoms with van der Waals surface area (Å²) in [6.45, 7) is 0. The van der Waals surface area contributed by atoms with Crippen LogP contribution in [0.2, 0.25) is 0 Å². The lowest BCUT2D eigenvalue weighted by Gasteiger charge is -2.10. The van der Waals surface area contributed by atoms with Gasteiger partial charge in [0.05, 0.1) is 7.11 Å². The zero-order valence-electron chi connectivity index (χ0n) is 16.5. The molecule has 3 heterocycles. The molecule has 3 aromatic heterocycles. The predicted molar refractivity (Wildman–Crippen MR) is 104 cm³/mol. The number of carbonyl (C=O) groups excluding carboxylic acids is 1. The van der Waals surface area contributed by atoms with E-state index in [1.165, 1.54) is 24.2 Å². The van der Waals surface area contributed by atoms with Gasteiger partial charge < -0.3 is 10.1 Å². The fourth-order valence-electron chi connectivity index (χ4n) is 3.31. The number of anilines is 1. The van der Waals surface area contributed by atoms with Gasteiger partial charge in [-0.1, -0.05) is 0 Å². The topological polar surface area (TPSA) is 112 Å². The molecule has 5 rings (SSSR count). The fourth-order valence-corrected chi connectivity index (χ4v) is 3.31. The third kappa shape index (κ3) is 3.61. The Balaban J connectivity index is 1.49. The Morgan fingerprint density at radius 1 is 1.22 bits per heavy atom. The lowest BCUT2D eigenvalue weighted by atomic mass is 10.2. The summed E-state index contributed by atoms with van der Waals surface area (Å²) >= 11 is 0. The maximum atomic E-state index is 13.6. The maximum Gasteiger partial charge on any atom is 0.433 e. The van der Waals surface area contributed by atoms with Crippen LogP contribution in [0.25, 0.3) is 11.3 Å². The molecule has 1 saturated carbocycles.